The van der Waals surface area contributed by atoms with Crippen LogP contribution in [0.4, 0.5) is 6.01 Å². The van der Waals surface area contributed by atoms with Gasteiger partial charge in [0.05, 0.1) is 12.0 Å². The summed E-state index contributed by atoms with van der Waals surface area (Å²) in [7, 11) is 1.79. The average Bonchev–Trinajstić information content (AvgIpc) is 2.63. The molecule has 1 aromatic rings. The van der Waals surface area contributed by atoms with Crippen molar-refractivity contribution in [1.82, 2.24) is 15.5 Å². The van der Waals surface area contributed by atoms with E-state index in [9.17, 15) is 4.79 Å². The van der Waals surface area contributed by atoms with Crippen LogP contribution in [0, 0.1) is 5.41 Å². The molecule has 0 aliphatic rings. The predicted octanol–water partition coefficient (Wildman–Crippen LogP) is -0.288. The monoisotopic (exact) mass is 227 g/mol. The van der Waals surface area contributed by atoms with E-state index in [1.54, 1.807) is 20.9 Å². The summed E-state index contributed by atoms with van der Waals surface area (Å²) < 4.78 is 5.25. The minimum absolute atomic E-state index is 0.291. The number of anilines is 1. The minimum atomic E-state index is -0.655. The van der Waals surface area contributed by atoms with Gasteiger partial charge in [-0.2, -0.15) is 0 Å². The smallest absolute Gasteiger partial charge is 0.315 e. The molecule has 0 saturated carbocycles. The van der Waals surface area contributed by atoms with Gasteiger partial charge in [-0.3, -0.25) is 4.79 Å². The fourth-order valence-corrected chi connectivity index (χ4v) is 0.931. The standard InChI is InChI=1S/C9H17N5O2/c1-9(2,7(10)15)5-12-8-14-13-6(16-8)4-11-3/h11H,4-5H2,1-3H3,(H2,10,15)(H,12,14). The van der Waals surface area contributed by atoms with Gasteiger partial charge in [-0.15, -0.1) is 5.10 Å². The predicted molar refractivity (Wildman–Crippen MR) is 58.5 cm³/mol. The van der Waals surface area contributed by atoms with Crippen LogP contribution < -0.4 is 16.4 Å². The van der Waals surface area contributed by atoms with Gasteiger partial charge in [0.25, 0.3) is 0 Å². The highest BCUT2D eigenvalue weighted by atomic mass is 16.4. The first-order valence-corrected chi connectivity index (χ1v) is 4.96. The van der Waals surface area contributed by atoms with Gasteiger partial charge in [0, 0.05) is 6.54 Å². The SMILES string of the molecule is CNCc1nnc(NCC(C)(C)C(N)=O)o1. The Balaban J connectivity index is 2.51. The molecule has 1 aromatic heterocycles. The van der Waals surface area contributed by atoms with E-state index in [1.807, 2.05) is 0 Å². The van der Waals surface area contributed by atoms with Gasteiger partial charge >= 0.3 is 6.01 Å². The van der Waals surface area contributed by atoms with Crippen LogP contribution in [0.5, 0.6) is 0 Å². The quantitative estimate of drug-likeness (QED) is 0.616. The Labute approximate surface area is 93.8 Å². The molecule has 1 heterocycles. The average molecular weight is 227 g/mol. The first-order chi connectivity index (χ1) is 7.45. The Morgan fingerprint density at radius 3 is 2.75 bits per heavy atom. The van der Waals surface area contributed by atoms with Crippen molar-refractivity contribution in [2.75, 3.05) is 18.9 Å². The maximum absolute atomic E-state index is 11.1. The summed E-state index contributed by atoms with van der Waals surface area (Å²) in [6, 6.07) is 0.291. The van der Waals surface area contributed by atoms with E-state index in [-0.39, 0.29) is 5.91 Å². The van der Waals surface area contributed by atoms with Crippen molar-refractivity contribution in [2.45, 2.75) is 20.4 Å². The Bertz CT molecular complexity index is 361. The highest BCUT2D eigenvalue weighted by molar-refractivity contribution is 5.80. The third-order valence-electron chi connectivity index (χ3n) is 2.14. The van der Waals surface area contributed by atoms with E-state index >= 15 is 0 Å². The molecule has 0 aliphatic heterocycles. The molecular formula is C9H17N5O2. The van der Waals surface area contributed by atoms with Crippen LogP contribution in [0.25, 0.3) is 0 Å². The Morgan fingerprint density at radius 1 is 1.50 bits per heavy atom. The van der Waals surface area contributed by atoms with Crippen molar-refractivity contribution in [3.05, 3.63) is 5.89 Å². The fourth-order valence-electron chi connectivity index (χ4n) is 0.931. The lowest BCUT2D eigenvalue weighted by molar-refractivity contribution is -0.125. The maximum Gasteiger partial charge on any atom is 0.315 e. The molecule has 4 N–H and O–H groups in total. The molecule has 7 heteroatoms. The summed E-state index contributed by atoms with van der Waals surface area (Å²) in [6.07, 6.45) is 0. The number of carbonyl (C=O) groups is 1. The first kappa shape index (κ1) is 12.4. The van der Waals surface area contributed by atoms with Crippen molar-refractivity contribution in [1.29, 1.82) is 0 Å². The lowest BCUT2D eigenvalue weighted by Gasteiger charge is -2.19. The normalized spacial score (nSPS) is 11.4. The van der Waals surface area contributed by atoms with E-state index in [0.29, 0.717) is 25.0 Å². The second kappa shape index (κ2) is 4.93. The van der Waals surface area contributed by atoms with Gasteiger partial charge in [-0.25, -0.2) is 0 Å². The van der Waals surface area contributed by atoms with Crippen LogP contribution in [-0.4, -0.2) is 29.7 Å². The van der Waals surface area contributed by atoms with Gasteiger partial charge in [0.15, 0.2) is 0 Å². The molecule has 0 unspecified atom stereocenters. The number of primary amides is 1. The number of aromatic nitrogens is 2. The zero-order valence-electron chi connectivity index (χ0n) is 9.70. The number of carbonyl (C=O) groups excluding carboxylic acids is 1. The topological polar surface area (TPSA) is 106 Å². The van der Waals surface area contributed by atoms with Gasteiger partial charge in [0.2, 0.25) is 11.8 Å². The van der Waals surface area contributed by atoms with E-state index in [2.05, 4.69) is 20.8 Å². The number of hydrogen-bond donors (Lipinski definition) is 3. The molecular weight excluding hydrogens is 210 g/mol. The van der Waals surface area contributed by atoms with Crippen molar-refractivity contribution in [3.8, 4) is 0 Å². The Hall–Kier alpha value is -1.63. The van der Waals surface area contributed by atoms with E-state index in [0.717, 1.165) is 0 Å². The van der Waals surface area contributed by atoms with Crippen molar-refractivity contribution in [3.63, 3.8) is 0 Å². The van der Waals surface area contributed by atoms with Crippen molar-refractivity contribution >= 4 is 11.9 Å². The van der Waals surface area contributed by atoms with Gasteiger partial charge in [-0.1, -0.05) is 5.10 Å². The summed E-state index contributed by atoms with van der Waals surface area (Å²) >= 11 is 0. The van der Waals surface area contributed by atoms with Gasteiger partial charge in [0.1, 0.15) is 0 Å². The van der Waals surface area contributed by atoms with Crippen LogP contribution in [0.2, 0.25) is 0 Å². The summed E-state index contributed by atoms with van der Waals surface area (Å²) in [5.74, 6) is 0.108. The molecule has 0 bridgehead atoms. The Morgan fingerprint density at radius 2 is 2.19 bits per heavy atom. The number of nitrogens with two attached hydrogens (primary N) is 1. The third kappa shape index (κ3) is 3.20. The van der Waals surface area contributed by atoms with E-state index in [4.69, 9.17) is 10.2 Å². The van der Waals surface area contributed by atoms with E-state index < -0.39 is 5.41 Å². The summed E-state index contributed by atoms with van der Waals surface area (Å²) in [5.41, 5.74) is 4.58. The molecule has 7 nitrogen and oxygen atoms in total. The molecule has 0 aromatic carbocycles. The van der Waals surface area contributed by atoms with E-state index in [1.165, 1.54) is 0 Å². The fraction of sp³-hybridized carbons (Fsp3) is 0.667. The second-order valence-corrected chi connectivity index (χ2v) is 4.13. The number of nitrogens with one attached hydrogen (secondary N) is 2. The highest BCUT2D eigenvalue weighted by Gasteiger charge is 2.25. The molecule has 0 radical (unpaired) electrons. The first-order valence-electron chi connectivity index (χ1n) is 4.96. The van der Waals surface area contributed by atoms with Crippen LogP contribution in [0.1, 0.15) is 19.7 Å². The summed E-state index contributed by atoms with van der Waals surface area (Å²) in [5, 5.41) is 13.3. The molecule has 16 heavy (non-hydrogen) atoms. The Kier molecular flexibility index (Phi) is 3.83. The minimum Gasteiger partial charge on any atom is -0.407 e. The molecule has 1 rings (SSSR count). The molecule has 0 spiro atoms. The van der Waals surface area contributed by atoms with Crippen LogP contribution in [0.15, 0.2) is 4.42 Å². The van der Waals surface area contributed by atoms with Crippen LogP contribution in [-0.2, 0) is 11.3 Å². The molecule has 1 amide bonds. The number of hydrogen-bond acceptors (Lipinski definition) is 6. The molecule has 0 atom stereocenters. The van der Waals surface area contributed by atoms with Gasteiger partial charge in [-0.05, 0) is 20.9 Å². The lowest BCUT2D eigenvalue weighted by Crippen LogP contribution is -2.37. The maximum atomic E-state index is 11.1. The third-order valence-corrected chi connectivity index (χ3v) is 2.14. The van der Waals surface area contributed by atoms with Crippen molar-refractivity contribution < 1.29 is 9.21 Å². The number of rotatable bonds is 6. The zero-order valence-corrected chi connectivity index (χ0v) is 9.70. The largest absolute Gasteiger partial charge is 0.407 e. The number of nitrogens with zero attached hydrogens (tertiary/aromatic N) is 2. The lowest BCUT2D eigenvalue weighted by atomic mass is 9.93. The summed E-state index contributed by atoms with van der Waals surface area (Å²) in [6.45, 7) is 4.35. The second-order valence-electron chi connectivity index (χ2n) is 4.13. The van der Waals surface area contributed by atoms with Crippen LogP contribution >= 0.6 is 0 Å². The zero-order chi connectivity index (χ0) is 12.2. The van der Waals surface area contributed by atoms with Crippen molar-refractivity contribution in [2.24, 2.45) is 11.1 Å². The molecule has 90 valence electrons. The molecule has 0 saturated heterocycles. The highest BCUT2D eigenvalue weighted by Crippen LogP contribution is 2.15. The molecule has 0 fully saturated rings. The summed E-state index contributed by atoms with van der Waals surface area (Å²) in [4.78, 5) is 11.1. The number of amides is 1. The molecule has 0 aliphatic carbocycles. The van der Waals surface area contributed by atoms with Crippen LogP contribution in [0.3, 0.4) is 0 Å². The van der Waals surface area contributed by atoms with Gasteiger partial charge < -0.3 is 20.8 Å².